The molecule has 1 unspecified atom stereocenters. The van der Waals surface area contributed by atoms with Gasteiger partial charge in [0.25, 0.3) is 0 Å². The number of hydrogen-bond acceptors (Lipinski definition) is 2. The second kappa shape index (κ2) is 5.56. The lowest BCUT2D eigenvalue weighted by molar-refractivity contribution is 0.413. The largest absolute Gasteiger partial charge is 0.497 e. The monoisotopic (exact) mass is 205 g/mol. The molecule has 2 atom stereocenters. The normalized spacial score (nSPS) is 14.3. The molecule has 1 N–H and O–H groups in total. The van der Waals surface area contributed by atoms with Crippen LogP contribution in [0, 0.1) is 0 Å². The molecule has 0 spiro atoms. The Morgan fingerprint density at radius 2 is 2.13 bits per heavy atom. The third-order valence-electron chi connectivity index (χ3n) is 2.46. The molecular weight excluding hydrogens is 186 g/mol. The van der Waals surface area contributed by atoms with E-state index in [4.69, 9.17) is 4.74 Å². The molecule has 0 aliphatic rings. The fourth-order valence-corrected chi connectivity index (χ4v) is 1.47. The highest BCUT2D eigenvalue weighted by molar-refractivity contribution is 5.30. The van der Waals surface area contributed by atoms with Crippen LogP contribution in [0.1, 0.15) is 25.5 Å². The Kier molecular flexibility index (Phi) is 4.37. The van der Waals surface area contributed by atoms with Crippen molar-refractivity contribution in [3.05, 3.63) is 42.5 Å². The minimum Gasteiger partial charge on any atom is -0.497 e. The summed E-state index contributed by atoms with van der Waals surface area (Å²) < 4.78 is 5.19. The standard InChI is InChI=1S/C13H19NO/c1-5-10(2)14-11(3)12-7-6-8-13(9-12)15-4/h5-11,14H,1H2,2-4H3/t10?,11-/m1/s1. The molecule has 0 amide bonds. The average Bonchev–Trinajstić information content (AvgIpc) is 2.28. The molecule has 1 aromatic rings. The van der Waals surface area contributed by atoms with Crippen molar-refractivity contribution in [3.63, 3.8) is 0 Å². The fourth-order valence-electron chi connectivity index (χ4n) is 1.47. The van der Waals surface area contributed by atoms with Crippen molar-refractivity contribution in [3.8, 4) is 5.75 Å². The average molecular weight is 205 g/mol. The molecule has 0 aromatic heterocycles. The number of rotatable bonds is 5. The van der Waals surface area contributed by atoms with Crippen molar-refractivity contribution in [1.29, 1.82) is 0 Å². The minimum absolute atomic E-state index is 0.299. The van der Waals surface area contributed by atoms with Crippen molar-refractivity contribution in [2.75, 3.05) is 7.11 Å². The molecule has 1 aromatic carbocycles. The van der Waals surface area contributed by atoms with Crippen LogP contribution in [0.2, 0.25) is 0 Å². The summed E-state index contributed by atoms with van der Waals surface area (Å²) in [5, 5.41) is 3.42. The first kappa shape index (κ1) is 11.8. The maximum Gasteiger partial charge on any atom is 0.119 e. The van der Waals surface area contributed by atoms with Crippen LogP contribution in [0.25, 0.3) is 0 Å². The van der Waals surface area contributed by atoms with Crippen LogP contribution >= 0.6 is 0 Å². The fraction of sp³-hybridized carbons (Fsp3) is 0.385. The predicted octanol–water partition coefficient (Wildman–Crippen LogP) is 2.92. The van der Waals surface area contributed by atoms with Gasteiger partial charge >= 0.3 is 0 Å². The Labute approximate surface area is 92.0 Å². The van der Waals surface area contributed by atoms with Crippen LogP contribution in [0.3, 0.4) is 0 Å². The lowest BCUT2D eigenvalue weighted by Gasteiger charge is -2.18. The van der Waals surface area contributed by atoms with E-state index in [0.29, 0.717) is 12.1 Å². The second-order valence-electron chi connectivity index (χ2n) is 3.69. The van der Waals surface area contributed by atoms with Crippen LogP contribution in [0.5, 0.6) is 5.75 Å². The van der Waals surface area contributed by atoms with Gasteiger partial charge in [0.15, 0.2) is 0 Å². The molecule has 82 valence electrons. The summed E-state index contributed by atoms with van der Waals surface area (Å²) in [5.74, 6) is 0.896. The van der Waals surface area contributed by atoms with Gasteiger partial charge in [-0.1, -0.05) is 18.2 Å². The van der Waals surface area contributed by atoms with E-state index in [1.54, 1.807) is 7.11 Å². The Morgan fingerprint density at radius 1 is 1.40 bits per heavy atom. The van der Waals surface area contributed by atoms with Crippen LogP contribution in [0.15, 0.2) is 36.9 Å². The SMILES string of the molecule is C=CC(C)N[C@H](C)c1cccc(OC)c1. The molecular formula is C13H19NO. The first-order valence-electron chi connectivity index (χ1n) is 5.20. The number of ether oxygens (including phenoxy) is 1. The third kappa shape index (κ3) is 3.40. The van der Waals surface area contributed by atoms with Crippen molar-refractivity contribution in [2.24, 2.45) is 0 Å². The predicted molar refractivity (Wildman–Crippen MR) is 64.2 cm³/mol. The first-order chi connectivity index (χ1) is 7.17. The van der Waals surface area contributed by atoms with E-state index in [-0.39, 0.29) is 0 Å². The van der Waals surface area contributed by atoms with E-state index in [2.05, 4.69) is 31.8 Å². The molecule has 1 rings (SSSR count). The van der Waals surface area contributed by atoms with Crippen molar-refractivity contribution >= 4 is 0 Å². The third-order valence-corrected chi connectivity index (χ3v) is 2.46. The quantitative estimate of drug-likeness (QED) is 0.746. The minimum atomic E-state index is 0.299. The zero-order chi connectivity index (χ0) is 11.3. The summed E-state index contributed by atoms with van der Waals surface area (Å²) in [5.41, 5.74) is 1.23. The maximum absolute atomic E-state index is 5.19. The second-order valence-corrected chi connectivity index (χ2v) is 3.69. The maximum atomic E-state index is 5.19. The van der Waals surface area contributed by atoms with Crippen molar-refractivity contribution in [2.45, 2.75) is 25.9 Å². The molecule has 0 saturated carbocycles. The number of nitrogens with one attached hydrogen (secondary N) is 1. The summed E-state index contributed by atoms with van der Waals surface area (Å²) in [7, 11) is 1.68. The Bertz CT molecular complexity index is 322. The Balaban J connectivity index is 2.72. The molecule has 0 saturated heterocycles. The van der Waals surface area contributed by atoms with E-state index in [1.165, 1.54) is 5.56 Å². The van der Waals surface area contributed by atoms with Gasteiger partial charge in [-0.2, -0.15) is 0 Å². The van der Waals surface area contributed by atoms with E-state index >= 15 is 0 Å². The first-order valence-corrected chi connectivity index (χ1v) is 5.20. The number of benzene rings is 1. The summed E-state index contributed by atoms with van der Waals surface area (Å²) in [6.45, 7) is 7.97. The smallest absolute Gasteiger partial charge is 0.119 e. The van der Waals surface area contributed by atoms with Gasteiger partial charge in [0.1, 0.15) is 5.75 Å². The Hall–Kier alpha value is -1.28. The van der Waals surface area contributed by atoms with Gasteiger partial charge < -0.3 is 10.1 Å². The molecule has 0 fully saturated rings. The lowest BCUT2D eigenvalue weighted by atomic mass is 10.1. The van der Waals surface area contributed by atoms with Gasteiger partial charge in [-0.05, 0) is 31.5 Å². The van der Waals surface area contributed by atoms with E-state index in [0.717, 1.165) is 5.75 Å². The zero-order valence-electron chi connectivity index (χ0n) is 9.66. The van der Waals surface area contributed by atoms with Gasteiger partial charge in [-0.3, -0.25) is 0 Å². The van der Waals surface area contributed by atoms with Crippen LogP contribution in [-0.4, -0.2) is 13.2 Å². The van der Waals surface area contributed by atoms with Gasteiger partial charge in [0.05, 0.1) is 7.11 Å². The summed E-state index contributed by atoms with van der Waals surface area (Å²) >= 11 is 0. The van der Waals surface area contributed by atoms with E-state index in [1.807, 2.05) is 24.3 Å². The van der Waals surface area contributed by atoms with Crippen LogP contribution in [-0.2, 0) is 0 Å². The topological polar surface area (TPSA) is 21.3 Å². The highest BCUT2D eigenvalue weighted by atomic mass is 16.5. The number of methoxy groups -OCH3 is 1. The highest BCUT2D eigenvalue weighted by Gasteiger charge is 2.07. The van der Waals surface area contributed by atoms with Gasteiger partial charge in [0.2, 0.25) is 0 Å². The molecule has 0 bridgehead atoms. The van der Waals surface area contributed by atoms with Gasteiger partial charge in [0, 0.05) is 12.1 Å². The molecule has 0 radical (unpaired) electrons. The molecule has 2 nitrogen and oxygen atoms in total. The lowest BCUT2D eigenvalue weighted by Crippen LogP contribution is -2.26. The molecule has 0 aliphatic heterocycles. The van der Waals surface area contributed by atoms with Crippen molar-refractivity contribution in [1.82, 2.24) is 5.32 Å². The summed E-state index contributed by atoms with van der Waals surface area (Å²) in [6.07, 6.45) is 1.90. The number of hydrogen-bond donors (Lipinski definition) is 1. The Morgan fingerprint density at radius 3 is 2.73 bits per heavy atom. The van der Waals surface area contributed by atoms with Gasteiger partial charge in [-0.15, -0.1) is 6.58 Å². The van der Waals surface area contributed by atoms with Crippen LogP contribution in [0.4, 0.5) is 0 Å². The molecule has 2 heteroatoms. The van der Waals surface area contributed by atoms with Gasteiger partial charge in [-0.25, -0.2) is 0 Å². The van der Waals surface area contributed by atoms with E-state index < -0.39 is 0 Å². The molecule has 15 heavy (non-hydrogen) atoms. The molecule has 0 heterocycles. The highest BCUT2D eigenvalue weighted by Crippen LogP contribution is 2.19. The molecule has 0 aliphatic carbocycles. The zero-order valence-corrected chi connectivity index (χ0v) is 9.66. The van der Waals surface area contributed by atoms with E-state index in [9.17, 15) is 0 Å². The summed E-state index contributed by atoms with van der Waals surface area (Å²) in [6, 6.07) is 8.71. The van der Waals surface area contributed by atoms with Crippen LogP contribution < -0.4 is 10.1 Å². The summed E-state index contributed by atoms with van der Waals surface area (Å²) in [4.78, 5) is 0. The van der Waals surface area contributed by atoms with Crippen molar-refractivity contribution < 1.29 is 4.74 Å².